The van der Waals surface area contributed by atoms with E-state index in [0.29, 0.717) is 16.9 Å². The Morgan fingerprint density at radius 3 is 2.79 bits per heavy atom. The van der Waals surface area contributed by atoms with Gasteiger partial charge in [0.25, 0.3) is 0 Å². The summed E-state index contributed by atoms with van der Waals surface area (Å²) >= 11 is 0. The molecule has 0 aromatic heterocycles. The fraction of sp³-hybridized carbons (Fsp3) is 0.478. The van der Waals surface area contributed by atoms with Gasteiger partial charge in [-0.05, 0) is 62.4 Å². The lowest BCUT2D eigenvalue weighted by Gasteiger charge is -2.20. The number of carbonyl (C=O) groups is 2. The van der Waals surface area contributed by atoms with Gasteiger partial charge in [0.2, 0.25) is 0 Å². The summed E-state index contributed by atoms with van der Waals surface area (Å²) in [5.74, 6) is -0.0691. The molecule has 1 aromatic carbocycles. The number of hydrogen-bond donors (Lipinski definition) is 0. The molecule has 0 radical (unpaired) electrons. The predicted octanol–water partition coefficient (Wildman–Crippen LogP) is 3.61. The lowest BCUT2D eigenvalue weighted by molar-refractivity contribution is -0.140. The third-order valence-corrected chi connectivity index (χ3v) is 6.15. The Labute approximate surface area is 170 Å². The van der Waals surface area contributed by atoms with Crippen LogP contribution >= 0.6 is 0 Å². The summed E-state index contributed by atoms with van der Waals surface area (Å²) in [5.41, 5.74) is 1.77. The number of methoxy groups -OCH3 is 1. The normalized spacial score (nSPS) is 32.9. The van der Waals surface area contributed by atoms with Gasteiger partial charge >= 0.3 is 11.9 Å². The minimum atomic E-state index is -0.370. The van der Waals surface area contributed by atoms with E-state index in [1.807, 2.05) is 0 Å². The van der Waals surface area contributed by atoms with Crippen molar-refractivity contribution in [1.29, 1.82) is 0 Å². The van der Waals surface area contributed by atoms with Crippen LogP contribution in [0.15, 0.2) is 48.1 Å². The van der Waals surface area contributed by atoms with Crippen LogP contribution in [-0.4, -0.2) is 43.5 Å². The van der Waals surface area contributed by atoms with Crippen molar-refractivity contribution in [3.63, 3.8) is 0 Å². The highest BCUT2D eigenvalue weighted by Crippen LogP contribution is 2.49. The van der Waals surface area contributed by atoms with E-state index in [1.165, 1.54) is 0 Å². The molecule has 1 aromatic rings. The molecule has 2 saturated heterocycles. The molecule has 6 nitrogen and oxygen atoms in total. The maximum atomic E-state index is 12.4. The van der Waals surface area contributed by atoms with Crippen LogP contribution in [0.5, 0.6) is 5.75 Å². The first-order chi connectivity index (χ1) is 13.9. The van der Waals surface area contributed by atoms with Gasteiger partial charge in [0, 0.05) is 11.5 Å². The van der Waals surface area contributed by atoms with E-state index in [2.05, 4.69) is 19.6 Å². The number of benzene rings is 1. The van der Waals surface area contributed by atoms with E-state index < -0.39 is 0 Å². The first-order valence-electron chi connectivity index (χ1n) is 9.98. The highest BCUT2D eigenvalue weighted by atomic mass is 16.6. The average Bonchev–Trinajstić information content (AvgIpc) is 3.32. The minimum Gasteiger partial charge on any atom is -0.497 e. The maximum absolute atomic E-state index is 12.4. The maximum Gasteiger partial charge on any atom is 0.338 e. The monoisotopic (exact) mass is 398 g/mol. The highest BCUT2D eigenvalue weighted by Gasteiger charge is 2.61. The van der Waals surface area contributed by atoms with Crippen LogP contribution in [-0.2, 0) is 19.0 Å². The molecule has 0 amide bonds. The minimum absolute atomic E-state index is 0.0569. The number of ether oxygens (including phenoxy) is 4. The predicted molar refractivity (Wildman–Crippen MR) is 106 cm³/mol. The highest BCUT2D eigenvalue weighted by molar-refractivity contribution is 5.91. The molecule has 0 saturated carbocycles. The molecule has 2 aliphatic heterocycles. The Bertz CT molecular complexity index is 855. The zero-order valence-electron chi connectivity index (χ0n) is 16.8. The summed E-state index contributed by atoms with van der Waals surface area (Å²) in [5, 5.41) is 0. The number of rotatable bonds is 4. The Balaban J connectivity index is 1.42. The molecule has 2 heterocycles. The first-order valence-corrected chi connectivity index (χ1v) is 9.98. The largest absolute Gasteiger partial charge is 0.497 e. The fourth-order valence-electron chi connectivity index (χ4n) is 4.22. The Hall–Kier alpha value is -2.60. The average molecular weight is 398 g/mol. The Morgan fingerprint density at radius 2 is 2.07 bits per heavy atom. The van der Waals surface area contributed by atoms with Crippen LogP contribution in [0.4, 0.5) is 0 Å². The molecule has 29 heavy (non-hydrogen) atoms. The standard InChI is InChI=1S/C23H26O6/c1-14-18-11-6-15(13-27-22(25)16-7-9-17(26-3)10-8-16)5-4-12-23(2)20(29-23)19(18)28-21(14)24/h5,7-10,18-20H,1,4,6,11-13H2,2-3H3/b15-5+/t18-,19-,20-,23+/m0/s1. The number of hydrogen-bond acceptors (Lipinski definition) is 6. The summed E-state index contributed by atoms with van der Waals surface area (Å²) in [6.07, 6.45) is 4.91. The summed E-state index contributed by atoms with van der Waals surface area (Å²) < 4.78 is 22.1. The molecule has 2 fully saturated rings. The van der Waals surface area contributed by atoms with Crippen LogP contribution in [0.3, 0.4) is 0 Å². The van der Waals surface area contributed by atoms with Gasteiger partial charge in [-0.2, -0.15) is 0 Å². The molecule has 0 N–H and O–H groups in total. The van der Waals surface area contributed by atoms with Crippen LogP contribution in [0.25, 0.3) is 0 Å². The van der Waals surface area contributed by atoms with E-state index in [1.54, 1.807) is 31.4 Å². The second kappa shape index (κ2) is 7.67. The van der Waals surface area contributed by atoms with Crippen molar-refractivity contribution < 1.29 is 28.5 Å². The molecular formula is C23H26O6. The van der Waals surface area contributed by atoms with E-state index in [4.69, 9.17) is 18.9 Å². The van der Waals surface area contributed by atoms with Crippen molar-refractivity contribution in [2.24, 2.45) is 5.92 Å². The van der Waals surface area contributed by atoms with Gasteiger partial charge in [-0.1, -0.05) is 12.7 Å². The summed E-state index contributed by atoms with van der Waals surface area (Å²) in [6.45, 7) is 6.21. The third kappa shape index (κ3) is 3.94. The second-order valence-corrected chi connectivity index (χ2v) is 8.10. The van der Waals surface area contributed by atoms with E-state index in [-0.39, 0.29) is 42.3 Å². The van der Waals surface area contributed by atoms with Crippen molar-refractivity contribution in [2.45, 2.75) is 50.4 Å². The van der Waals surface area contributed by atoms with Gasteiger partial charge in [-0.25, -0.2) is 9.59 Å². The van der Waals surface area contributed by atoms with Gasteiger partial charge < -0.3 is 18.9 Å². The Morgan fingerprint density at radius 1 is 1.31 bits per heavy atom. The molecule has 0 unspecified atom stereocenters. The van der Waals surface area contributed by atoms with Crippen LogP contribution in [0.1, 0.15) is 43.0 Å². The fourth-order valence-corrected chi connectivity index (χ4v) is 4.22. The summed E-state index contributed by atoms with van der Waals surface area (Å²) in [6, 6.07) is 6.83. The Kier molecular flexibility index (Phi) is 5.21. The summed E-state index contributed by atoms with van der Waals surface area (Å²) in [7, 11) is 1.58. The molecule has 1 aliphatic carbocycles. The molecule has 0 bridgehead atoms. The van der Waals surface area contributed by atoms with Crippen LogP contribution in [0.2, 0.25) is 0 Å². The number of carbonyl (C=O) groups excluding carboxylic acids is 2. The van der Waals surface area contributed by atoms with Crippen LogP contribution < -0.4 is 4.74 Å². The third-order valence-electron chi connectivity index (χ3n) is 6.15. The van der Waals surface area contributed by atoms with Crippen molar-refractivity contribution in [3.8, 4) is 5.75 Å². The topological polar surface area (TPSA) is 74.4 Å². The second-order valence-electron chi connectivity index (χ2n) is 8.10. The molecule has 4 atom stereocenters. The van der Waals surface area contributed by atoms with Gasteiger partial charge in [0.15, 0.2) is 0 Å². The van der Waals surface area contributed by atoms with Gasteiger partial charge in [0.05, 0.1) is 18.3 Å². The van der Waals surface area contributed by atoms with Gasteiger partial charge in [-0.15, -0.1) is 0 Å². The van der Waals surface area contributed by atoms with Crippen molar-refractivity contribution in [3.05, 3.63) is 53.6 Å². The molecule has 6 heteroatoms. The number of fused-ring (bicyclic) bond motifs is 3. The zero-order valence-corrected chi connectivity index (χ0v) is 16.8. The summed E-state index contributed by atoms with van der Waals surface area (Å²) in [4.78, 5) is 24.4. The smallest absolute Gasteiger partial charge is 0.338 e. The number of epoxide rings is 1. The van der Waals surface area contributed by atoms with Gasteiger partial charge in [-0.3, -0.25) is 0 Å². The van der Waals surface area contributed by atoms with E-state index in [0.717, 1.165) is 31.3 Å². The number of esters is 2. The van der Waals surface area contributed by atoms with E-state index >= 15 is 0 Å². The molecule has 154 valence electrons. The number of allylic oxidation sites excluding steroid dienone is 1. The van der Waals surface area contributed by atoms with Gasteiger partial charge in [0.1, 0.15) is 24.6 Å². The molecule has 0 spiro atoms. The first kappa shape index (κ1) is 19.7. The van der Waals surface area contributed by atoms with Crippen molar-refractivity contribution >= 4 is 11.9 Å². The lowest BCUT2D eigenvalue weighted by Crippen LogP contribution is -2.29. The molecular weight excluding hydrogens is 372 g/mol. The molecule has 3 aliphatic rings. The van der Waals surface area contributed by atoms with Crippen LogP contribution in [0, 0.1) is 5.92 Å². The quantitative estimate of drug-likeness (QED) is 0.334. The lowest BCUT2D eigenvalue weighted by atomic mass is 9.84. The van der Waals surface area contributed by atoms with Crippen molar-refractivity contribution in [1.82, 2.24) is 0 Å². The van der Waals surface area contributed by atoms with E-state index in [9.17, 15) is 9.59 Å². The zero-order chi connectivity index (χ0) is 20.6. The molecule has 4 rings (SSSR count). The SMILES string of the molecule is C=C1C(=O)O[C@H]2[C@H]1CC/C(COC(=O)c1ccc(OC)cc1)=C\CC[C@@]1(C)O[C@@H]21. The van der Waals surface area contributed by atoms with Crippen molar-refractivity contribution in [2.75, 3.05) is 13.7 Å².